The topological polar surface area (TPSA) is 50.2 Å². The molecule has 0 bridgehead atoms. The van der Waals surface area contributed by atoms with Crippen LogP contribution in [0.3, 0.4) is 0 Å². The standard InChI is InChI=1S/C19H27ClN4O/c1-19(2,3)24-13-14(12-21-11-10-17(25)23(4)5)18(22-24)15-8-6-7-9-16(15)20/h6-9,13,21H,10-12H2,1-5H3. The van der Waals surface area contributed by atoms with E-state index in [1.165, 1.54) is 0 Å². The van der Waals surface area contributed by atoms with Crippen LogP contribution in [0, 0.1) is 0 Å². The number of nitrogens with zero attached hydrogens (tertiary/aromatic N) is 3. The number of carbonyl (C=O) groups is 1. The molecule has 6 heteroatoms. The Kier molecular flexibility index (Phi) is 6.25. The zero-order valence-electron chi connectivity index (χ0n) is 15.6. The van der Waals surface area contributed by atoms with Crippen molar-refractivity contribution in [1.82, 2.24) is 20.0 Å². The van der Waals surface area contributed by atoms with E-state index in [1.54, 1.807) is 19.0 Å². The highest BCUT2D eigenvalue weighted by Gasteiger charge is 2.20. The second kappa shape index (κ2) is 8.02. The molecule has 0 spiro atoms. The smallest absolute Gasteiger partial charge is 0.223 e. The Morgan fingerprint density at radius 3 is 2.56 bits per heavy atom. The molecule has 0 saturated heterocycles. The Morgan fingerprint density at radius 2 is 1.96 bits per heavy atom. The fraction of sp³-hybridized carbons (Fsp3) is 0.474. The number of benzene rings is 1. The van der Waals surface area contributed by atoms with Gasteiger partial charge < -0.3 is 10.2 Å². The lowest BCUT2D eigenvalue weighted by Gasteiger charge is -2.18. The molecule has 1 aromatic carbocycles. The first-order chi connectivity index (χ1) is 11.7. The quantitative estimate of drug-likeness (QED) is 0.800. The largest absolute Gasteiger partial charge is 0.349 e. The van der Waals surface area contributed by atoms with Gasteiger partial charge in [-0.15, -0.1) is 0 Å². The van der Waals surface area contributed by atoms with Gasteiger partial charge in [0.2, 0.25) is 5.91 Å². The van der Waals surface area contributed by atoms with Gasteiger partial charge in [-0.25, -0.2) is 0 Å². The summed E-state index contributed by atoms with van der Waals surface area (Å²) in [5.74, 6) is 0.115. The maximum Gasteiger partial charge on any atom is 0.223 e. The van der Waals surface area contributed by atoms with E-state index in [9.17, 15) is 4.79 Å². The highest BCUT2D eigenvalue weighted by molar-refractivity contribution is 6.33. The van der Waals surface area contributed by atoms with Crippen molar-refractivity contribution < 1.29 is 4.79 Å². The van der Waals surface area contributed by atoms with Crippen molar-refractivity contribution in [3.05, 3.63) is 41.0 Å². The minimum Gasteiger partial charge on any atom is -0.349 e. The predicted octanol–water partition coefficient (Wildman–Crippen LogP) is 3.53. The van der Waals surface area contributed by atoms with E-state index in [2.05, 4.69) is 32.3 Å². The third kappa shape index (κ3) is 5.06. The minimum absolute atomic E-state index is 0.115. The molecule has 25 heavy (non-hydrogen) atoms. The highest BCUT2D eigenvalue weighted by Crippen LogP contribution is 2.30. The van der Waals surface area contributed by atoms with Gasteiger partial charge in [0.1, 0.15) is 0 Å². The molecule has 2 aromatic rings. The summed E-state index contributed by atoms with van der Waals surface area (Å²) in [4.78, 5) is 13.3. The number of hydrogen-bond acceptors (Lipinski definition) is 3. The minimum atomic E-state index is -0.116. The van der Waals surface area contributed by atoms with Gasteiger partial charge in [-0.05, 0) is 26.8 Å². The molecule has 1 amide bonds. The number of rotatable bonds is 6. The van der Waals surface area contributed by atoms with Crippen molar-refractivity contribution in [1.29, 1.82) is 0 Å². The lowest BCUT2D eigenvalue weighted by atomic mass is 10.1. The number of carbonyl (C=O) groups excluding carboxylic acids is 1. The van der Waals surface area contributed by atoms with Crippen LogP contribution in [-0.4, -0.2) is 41.2 Å². The van der Waals surface area contributed by atoms with E-state index in [1.807, 2.05) is 28.9 Å². The van der Waals surface area contributed by atoms with Gasteiger partial charge in [-0.3, -0.25) is 9.48 Å². The monoisotopic (exact) mass is 362 g/mol. The van der Waals surface area contributed by atoms with Crippen molar-refractivity contribution in [2.45, 2.75) is 39.3 Å². The van der Waals surface area contributed by atoms with Crippen LogP contribution in [-0.2, 0) is 16.9 Å². The number of aromatic nitrogens is 2. The molecule has 0 aliphatic carbocycles. The third-order valence-corrected chi connectivity index (χ3v) is 4.27. The Balaban J connectivity index is 2.20. The Morgan fingerprint density at radius 1 is 1.28 bits per heavy atom. The summed E-state index contributed by atoms with van der Waals surface area (Å²) in [6.45, 7) is 7.60. The fourth-order valence-corrected chi connectivity index (χ4v) is 2.63. The van der Waals surface area contributed by atoms with Gasteiger partial charge in [-0.2, -0.15) is 5.10 Å². The molecular weight excluding hydrogens is 336 g/mol. The van der Waals surface area contributed by atoms with Crippen molar-refractivity contribution in [2.75, 3.05) is 20.6 Å². The van der Waals surface area contributed by atoms with Crippen LogP contribution >= 0.6 is 11.6 Å². The molecule has 1 heterocycles. The van der Waals surface area contributed by atoms with Crippen LogP contribution in [0.1, 0.15) is 32.8 Å². The molecule has 0 fully saturated rings. The number of hydrogen-bond donors (Lipinski definition) is 1. The highest BCUT2D eigenvalue weighted by atomic mass is 35.5. The molecule has 136 valence electrons. The molecule has 0 unspecified atom stereocenters. The summed E-state index contributed by atoms with van der Waals surface area (Å²) in [5.41, 5.74) is 2.76. The Labute approximate surface area is 155 Å². The molecule has 0 saturated carbocycles. The molecule has 5 nitrogen and oxygen atoms in total. The summed E-state index contributed by atoms with van der Waals surface area (Å²) >= 11 is 6.37. The maximum absolute atomic E-state index is 11.7. The lowest BCUT2D eigenvalue weighted by Crippen LogP contribution is -2.26. The average molecular weight is 363 g/mol. The Hall–Kier alpha value is -1.85. The van der Waals surface area contributed by atoms with Crippen LogP contribution in [0.5, 0.6) is 0 Å². The SMILES string of the molecule is CN(C)C(=O)CCNCc1cn(C(C)(C)C)nc1-c1ccccc1Cl. The molecule has 1 aromatic heterocycles. The molecule has 0 aliphatic heterocycles. The number of amides is 1. The van der Waals surface area contributed by atoms with E-state index in [0.29, 0.717) is 24.5 Å². The van der Waals surface area contributed by atoms with Gasteiger partial charge in [-0.1, -0.05) is 29.8 Å². The van der Waals surface area contributed by atoms with Crippen molar-refractivity contribution in [3.8, 4) is 11.3 Å². The molecule has 1 N–H and O–H groups in total. The summed E-state index contributed by atoms with van der Waals surface area (Å²) in [5, 5.41) is 8.80. The van der Waals surface area contributed by atoms with Gasteiger partial charge in [0.05, 0.1) is 16.3 Å². The van der Waals surface area contributed by atoms with Crippen molar-refractivity contribution >= 4 is 17.5 Å². The van der Waals surface area contributed by atoms with Gasteiger partial charge >= 0.3 is 0 Å². The zero-order chi connectivity index (χ0) is 18.6. The molecule has 0 aliphatic rings. The number of halogens is 1. The van der Waals surface area contributed by atoms with E-state index in [-0.39, 0.29) is 11.4 Å². The first-order valence-electron chi connectivity index (χ1n) is 8.45. The normalized spacial score (nSPS) is 11.6. The maximum atomic E-state index is 11.7. The summed E-state index contributed by atoms with van der Waals surface area (Å²) < 4.78 is 1.97. The third-order valence-electron chi connectivity index (χ3n) is 3.94. The summed E-state index contributed by atoms with van der Waals surface area (Å²) in [6, 6.07) is 7.73. The first kappa shape index (κ1) is 19.5. The molecule has 0 atom stereocenters. The number of nitrogens with one attached hydrogen (secondary N) is 1. The summed E-state index contributed by atoms with van der Waals surface area (Å²) in [7, 11) is 3.54. The van der Waals surface area contributed by atoms with Crippen LogP contribution in [0.4, 0.5) is 0 Å². The van der Waals surface area contributed by atoms with Gasteiger partial charge in [0.25, 0.3) is 0 Å². The van der Waals surface area contributed by atoms with Crippen LogP contribution in [0.15, 0.2) is 30.5 Å². The molecule has 2 rings (SSSR count). The second-order valence-corrected chi connectivity index (χ2v) is 7.72. The predicted molar refractivity (Wildman–Crippen MR) is 103 cm³/mol. The van der Waals surface area contributed by atoms with Crippen LogP contribution in [0.2, 0.25) is 5.02 Å². The van der Waals surface area contributed by atoms with E-state index >= 15 is 0 Å². The van der Waals surface area contributed by atoms with E-state index in [4.69, 9.17) is 16.7 Å². The van der Waals surface area contributed by atoms with E-state index < -0.39 is 0 Å². The van der Waals surface area contributed by atoms with Crippen LogP contribution < -0.4 is 5.32 Å². The van der Waals surface area contributed by atoms with Gasteiger partial charge in [0, 0.05) is 50.9 Å². The van der Waals surface area contributed by atoms with Crippen LogP contribution in [0.25, 0.3) is 11.3 Å². The molecular formula is C19H27ClN4O. The van der Waals surface area contributed by atoms with E-state index in [0.717, 1.165) is 16.8 Å². The first-order valence-corrected chi connectivity index (χ1v) is 8.82. The zero-order valence-corrected chi connectivity index (χ0v) is 16.4. The van der Waals surface area contributed by atoms with Gasteiger partial charge in [0.15, 0.2) is 0 Å². The van der Waals surface area contributed by atoms with Crippen molar-refractivity contribution in [2.24, 2.45) is 0 Å². The summed E-state index contributed by atoms with van der Waals surface area (Å²) in [6.07, 6.45) is 2.53. The molecule has 0 radical (unpaired) electrons. The average Bonchev–Trinajstić information content (AvgIpc) is 2.96. The van der Waals surface area contributed by atoms with Crippen molar-refractivity contribution in [3.63, 3.8) is 0 Å². The fourth-order valence-electron chi connectivity index (χ4n) is 2.40. The second-order valence-electron chi connectivity index (χ2n) is 7.31. The Bertz CT molecular complexity index is 731. The lowest BCUT2D eigenvalue weighted by molar-refractivity contribution is -0.128.